The molecule has 0 heterocycles. The van der Waals surface area contributed by atoms with Crippen molar-refractivity contribution in [2.75, 3.05) is 19.8 Å². The Kier molecular flexibility index (Phi) is 53.4. The molecule has 0 bridgehead atoms. The lowest BCUT2D eigenvalue weighted by molar-refractivity contribution is -0.123. The predicted molar refractivity (Wildman–Crippen MR) is 286 cm³/mol. The van der Waals surface area contributed by atoms with Gasteiger partial charge in [0.15, 0.2) is 0 Å². The molecule has 0 radical (unpaired) electrons. The summed E-state index contributed by atoms with van der Waals surface area (Å²) >= 11 is 0. The molecule has 0 spiro atoms. The summed E-state index contributed by atoms with van der Waals surface area (Å²) in [7, 11) is -4.32. The Morgan fingerprint density at radius 2 is 0.697 bits per heavy atom. The minimum Gasteiger partial charge on any atom is -0.391 e. The van der Waals surface area contributed by atoms with Crippen molar-refractivity contribution in [2.45, 2.75) is 341 Å². The monoisotopic (exact) mass is 957 g/mol. The van der Waals surface area contributed by atoms with Crippen molar-refractivity contribution in [3.63, 3.8) is 0 Å². The summed E-state index contributed by atoms with van der Waals surface area (Å²) in [5.41, 5.74) is 5.41. The first-order valence-electron chi connectivity index (χ1n) is 29.7. The number of amides is 1. The summed E-state index contributed by atoms with van der Waals surface area (Å²) in [6.07, 6.45) is 63.0. The van der Waals surface area contributed by atoms with Gasteiger partial charge in [-0.05, 0) is 12.8 Å². The molecule has 5 N–H and O–H groups in total. The molecule has 66 heavy (non-hydrogen) atoms. The normalized spacial score (nSPS) is 13.6. The second-order valence-corrected chi connectivity index (χ2v) is 22.0. The number of aliphatic hydroxyl groups is 1. The summed E-state index contributed by atoms with van der Waals surface area (Å²) in [5, 5.41) is 13.9. The predicted octanol–water partition coefficient (Wildman–Crippen LogP) is 18.1. The zero-order chi connectivity index (χ0) is 48.1. The largest absolute Gasteiger partial charge is 0.472 e. The van der Waals surface area contributed by atoms with Gasteiger partial charge in [0.25, 0.3) is 0 Å². The first-order valence-corrected chi connectivity index (χ1v) is 31.1. The molecule has 1 amide bonds. The van der Waals surface area contributed by atoms with Crippen molar-refractivity contribution >= 4 is 13.7 Å². The quantitative estimate of drug-likeness (QED) is 0.0353. The number of phosphoric ester groups is 1. The lowest BCUT2D eigenvalue weighted by atomic mass is 10.0. The van der Waals surface area contributed by atoms with Crippen molar-refractivity contribution in [1.82, 2.24) is 5.32 Å². The topological polar surface area (TPSA) is 131 Å². The van der Waals surface area contributed by atoms with Gasteiger partial charge in [-0.3, -0.25) is 13.8 Å². The SMILES string of the molecule is CCCCCCCCCCCCCCCCCCCCCCCCCCCCCCCCC(=O)N[C@@H](COP(=O)(O)OCCN)[C@H](O)CCCCCCCCCCCCCCCCCCC. The Bertz CT molecular complexity index is 1000. The van der Waals surface area contributed by atoms with E-state index < -0.39 is 20.0 Å². The number of hydrogen-bond acceptors (Lipinski definition) is 6. The Labute approximate surface area is 412 Å². The molecular weight excluding hydrogens is 840 g/mol. The number of phosphoric acid groups is 1. The average molecular weight is 958 g/mol. The van der Waals surface area contributed by atoms with E-state index in [0.717, 1.165) is 38.5 Å². The van der Waals surface area contributed by atoms with Gasteiger partial charge >= 0.3 is 7.82 Å². The van der Waals surface area contributed by atoms with Crippen LogP contribution in [0.3, 0.4) is 0 Å². The van der Waals surface area contributed by atoms with Crippen LogP contribution in [0.2, 0.25) is 0 Å². The number of nitrogens with two attached hydrogens (primary N) is 1. The van der Waals surface area contributed by atoms with Crippen LogP contribution in [0.15, 0.2) is 0 Å². The molecule has 396 valence electrons. The molecule has 0 fully saturated rings. The minimum absolute atomic E-state index is 0.0930. The second-order valence-electron chi connectivity index (χ2n) is 20.6. The van der Waals surface area contributed by atoms with Crippen LogP contribution < -0.4 is 11.1 Å². The zero-order valence-electron chi connectivity index (χ0n) is 44.5. The number of hydrogen-bond donors (Lipinski definition) is 4. The molecular formula is C57H117N2O6P. The van der Waals surface area contributed by atoms with Crippen molar-refractivity contribution < 1.29 is 28.4 Å². The first-order chi connectivity index (χ1) is 32.4. The van der Waals surface area contributed by atoms with Crippen molar-refractivity contribution in [1.29, 1.82) is 0 Å². The lowest BCUT2D eigenvalue weighted by Gasteiger charge is -2.25. The molecule has 0 saturated heterocycles. The van der Waals surface area contributed by atoms with E-state index in [1.54, 1.807) is 0 Å². The maximum absolute atomic E-state index is 12.9. The van der Waals surface area contributed by atoms with Gasteiger partial charge in [-0.25, -0.2) is 4.57 Å². The average Bonchev–Trinajstić information content (AvgIpc) is 3.31. The molecule has 9 heteroatoms. The number of carbonyl (C=O) groups is 1. The number of unbranched alkanes of at least 4 members (excludes halogenated alkanes) is 45. The first kappa shape index (κ1) is 65.5. The highest BCUT2D eigenvalue weighted by Gasteiger charge is 2.27. The van der Waals surface area contributed by atoms with Crippen LogP contribution in [0.5, 0.6) is 0 Å². The molecule has 0 rings (SSSR count). The van der Waals surface area contributed by atoms with Crippen molar-refractivity contribution in [2.24, 2.45) is 5.73 Å². The fraction of sp³-hybridized carbons (Fsp3) is 0.982. The number of nitrogens with one attached hydrogen (secondary N) is 1. The van der Waals surface area contributed by atoms with Gasteiger partial charge in [0.05, 0.1) is 25.4 Å². The number of carbonyl (C=O) groups excluding carboxylic acids is 1. The molecule has 1 unspecified atom stereocenters. The second kappa shape index (κ2) is 53.8. The van der Waals surface area contributed by atoms with Crippen LogP contribution in [0.25, 0.3) is 0 Å². The Hall–Kier alpha value is -0.500. The summed E-state index contributed by atoms with van der Waals surface area (Å²) in [4.78, 5) is 22.9. The number of rotatable bonds is 57. The highest BCUT2D eigenvalue weighted by atomic mass is 31.2. The van der Waals surface area contributed by atoms with Gasteiger partial charge in [-0.2, -0.15) is 0 Å². The molecule has 0 aliphatic carbocycles. The third-order valence-corrected chi connectivity index (χ3v) is 14.9. The summed E-state index contributed by atoms with van der Waals surface area (Å²) in [6, 6.07) is -0.769. The molecule has 0 aromatic heterocycles. The van der Waals surface area contributed by atoms with Crippen LogP contribution >= 0.6 is 7.82 Å². The van der Waals surface area contributed by atoms with Crippen molar-refractivity contribution in [3.8, 4) is 0 Å². The van der Waals surface area contributed by atoms with Gasteiger partial charge in [0.2, 0.25) is 5.91 Å². The van der Waals surface area contributed by atoms with E-state index in [-0.39, 0.29) is 25.7 Å². The van der Waals surface area contributed by atoms with E-state index in [1.165, 1.54) is 263 Å². The standard InChI is InChI=1S/C57H117N2O6P/c1-3-5-7-9-11-13-15-17-19-21-22-23-24-25-26-27-28-29-30-31-32-33-35-37-39-41-43-45-47-49-51-57(61)59-55(54-65-66(62,63)64-53-52-58)56(60)50-48-46-44-42-40-38-36-34-20-18-16-14-12-10-8-6-4-2/h55-56,60H,3-54,58H2,1-2H3,(H,59,61)(H,62,63)/t55-,56+/m0/s1. The maximum Gasteiger partial charge on any atom is 0.472 e. The van der Waals surface area contributed by atoms with E-state index in [1.807, 2.05) is 0 Å². The van der Waals surface area contributed by atoms with Crippen LogP contribution in [0.4, 0.5) is 0 Å². The van der Waals surface area contributed by atoms with Gasteiger partial charge in [0, 0.05) is 13.0 Å². The van der Waals surface area contributed by atoms with E-state index in [2.05, 4.69) is 19.2 Å². The molecule has 0 saturated carbocycles. The summed E-state index contributed by atoms with van der Waals surface area (Å²) in [6.45, 7) is 4.27. The third-order valence-electron chi connectivity index (χ3n) is 14.0. The fourth-order valence-electron chi connectivity index (χ4n) is 9.50. The lowest BCUT2D eigenvalue weighted by Crippen LogP contribution is -2.46. The molecule has 3 atom stereocenters. The van der Waals surface area contributed by atoms with Gasteiger partial charge in [-0.1, -0.05) is 309 Å². The highest BCUT2D eigenvalue weighted by Crippen LogP contribution is 2.43. The highest BCUT2D eigenvalue weighted by molar-refractivity contribution is 7.47. The van der Waals surface area contributed by atoms with Gasteiger partial charge < -0.3 is 21.1 Å². The zero-order valence-corrected chi connectivity index (χ0v) is 45.4. The van der Waals surface area contributed by atoms with Gasteiger partial charge in [0.1, 0.15) is 0 Å². The molecule has 8 nitrogen and oxygen atoms in total. The Balaban J connectivity index is 3.84. The van der Waals surface area contributed by atoms with E-state index >= 15 is 0 Å². The van der Waals surface area contributed by atoms with Crippen LogP contribution in [0.1, 0.15) is 328 Å². The molecule has 0 aliphatic rings. The van der Waals surface area contributed by atoms with Gasteiger partial charge in [-0.15, -0.1) is 0 Å². The maximum atomic E-state index is 12.9. The summed E-state index contributed by atoms with van der Waals surface area (Å²) in [5.74, 6) is -0.152. The molecule has 0 aliphatic heterocycles. The van der Waals surface area contributed by atoms with Crippen LogP contribution in [-0.2, 0) is 18.4 Å². The Morgan fingerprint density at radius 1 is 0.439 bits per heavy atom. The van der Waals surface area contributed by atoms with E-state index in [4.69, 9.17) is 14.8 Å². The third kappa shape index (κ3) is 51.4. The van der Waals surface area contributed by atoms with E-state index in [9.17, 15) is 19.4 Å². The smallest absolute Gasteiger partial charge is 0.391 e. The molecule has 0 aromatic rings. The summed E-state index contributed by atoms with van der Waals surface area (Å²) < 4.78 is 22.3. The van der Waals surface area contributed by atoms with Crippen molar-refractivity contribution in [3.05, 3.63) is 0 Å². The van der Waals surface area contributed by atoms with Crippen LogP contribution in [0, 0.1) is 0 Å². The van der Waals surface area contributed by atoms with E-state index in [0.29, 0.717) is 12.8 Å². The molecule has 0 aromatic carbocycles. The fourth-order valence-corrected chi connectivity index (χ4v) is 10.3. The number of aliphatic hydroxyl groups excluding tert-OH is 1. The van der Waals surface area contributed by atoms with Crippen LogP contribution in [-0.4, -0.2) is 47.8 Å². The Morgan fingerprint density at radius 3 is 0.970 bits per heavy atom. The minimum atomic E-state index is -4.32.